The molecule has 0 aromatic heterocycles. The largest absolute Gasteiger partial charge is 0.394 e. The van der Waals surface area contributed by atoms with Crippen LogP contribution in [-0.2, 0) is 0 Å². The average molecular weight is 133 g/mol. The molecule has 3 nitrogen and oxygen atoms in total. The van der Waals surface area contributed by atoms with E-state index in [0.717, 1.165) is 0 Å². The first-order valence-electron chi connectivity index (χ1n) is 3.05. The van der Waals surface area contributed by atoms with E-state index < -0.39 is 6.10 Å². The Hall–Kier alpha value is -0.120. The molecular formula is C6H15NO2. The molecule has 2 unspecified atom stereocenters. The summed E-state index contributed by atoms with van der Waals surface area (Å²) in [5, 5.41) is 17.5. The van der Waals surface area contributed by atoms with Gasteiger partial charge in [-0.15, -0.1) is 0 Å². The van der Waals surface area contributed by atoms with Crippen LogP contribution in [0.4, 0.5) is 0 Å². The van der Waals surface area contributed by atoms with Gasteiger partial charge in [-0.25, -0.2) is 0 Å². The van der Waals surface area contributed by atoms with E-state index in [9.17, 15) is 0 Å². The molecule has 9 heavy (non-hydrogen) atoms. The molecule has 0 rings (SSSR count). The topological polar surface area (TPSA) is 43.7 Å². The van der Waals surface area contributed by atoms with E-state index in [2.05, 4.69) is 0 Å². The zero-order valence-electron chi connectivity index (χ0n) is 6.20. The van der Waals surface area contributed by atoms with Crippen molar-refractivity contribution >= 4 is 0 Å². The summed E-state index contributed by atoms with van der Waals surface area (Å²) >= 11 is 0. The summed E-state index contributed by atoms with van der Waals surface area (Å²) in [5.41, 5.74) is 0. The van der Waals surface area contributed by atoms with Crippen molar-refractivity contribution in [3.05, 3.63) is 0 Å². The molecule has 0 aliphatic heterocycles. The highest BCUT2D eigenvalue weighted by molar-refractivity contribution is 4.68. The predicted octanol–water partition coefficient (Wildman–Crippen LogP) is -0.710. The van der Waals surface area contributed by atoms with Gasteiger partial charge in [-0.2, -0.15) is 0 Å². The molecule has 2 atom stereocenters. The third-order valence-corrected chi connectivity index (χ3v) is 1.56. The van der Waals surface area contributed by atoms with Gasteiger partial charge in [-0.3, -0.25) is 0 Å². The van der Waals surface area contributed by atoms with Crippen LogP contribution >= 0.6 is 0 Å². The van der Waals surface area contributed by atoms with Gasteiger partial charge >= 0.3 is 0 Å². The molecule has 3 heteroatoms. The number of aliphatic hydroxyl groups excluding tert-OH is 2. The molecule has 0 aromatic carbocycles. The number of hydrogen-bond acceptors (Lipinski definition) is 3. The maximum Gasteiger partial charge on any atom is 0.0922 e. The number of nitrogens with zero attached hydrogens (tertiary/aromatic N) is 1. The van der Waals surface area contributed by atoms with E-state index in [1.165, 1.54) is 0 Å². The summed E-state index contributed by atoms with van der Waals surface area (Å²) in [6, 6.07) is 0.0231. The Balaban J connectivity index is 3.58. The van der Waals surface area contributed by atoms with Crippen molar-refractivity contribution in [2.75, 3.05) is 20.7 Å². The summed E-state index contributed by atoms with van der Waals surface area (Å²) in [5.74, 6) is 0. The molecule has 0 saturated carbocycles. The summed E-state index contributed by atoms with van der Waals surface area (Å²) < 4.78 is 0. The number of aliphatic hydroxyl groups is 2. The molecule has 0 spiro atoms. The van der Waals surface area contributed by atoms with Gasteiger partial charge < -0.3 is 15.1 Å². The van der Waals surface area contributed by atoms with Crippen molar-refractivity contribution in [3.63, 3.8) is 0 Å². The first kappa shape index (κ1) is 8.88. The standard InChI is InChI=1S/C6H15NO2/c1-5(7(2)3)6(9)4-8/h5-6,8-9H,4H2,1-3H3. The monoisotopic (exact) mass is 133 g/mol. The lowest BCUT2D eigenvalue weighted by atomic mass is 10.2. The quantitative estimate of drug-likeness (QED) is 0.534. The van der Waals surface area contributed by atoms with Gasteiger partial charge in [0.15, 0.2) is 0 Å². The lowest BCUT2D eigenvalue weighted by Crippen LogP contribution is -2.38. The molecule has 56 valence electrons. The number of hydrogen-bond donors (Lipinski definition) is 2. The highest BCUT2D eigenvalue weighted by Gasteiger charge is 2.13. The highest BCUT2D eigenvalue weighted by Crippen LogP contribution is 1.96. The van der Waals surface area contributed by atoms with Crippen LogP contribution in [0, 0.1) is 0 Å². The molecule has 0 bridgehead atoms. The van der Waals surface area contributed by atoms with Gasteiger partial charge in [-0.1, -0.05) is 0 Å². The SMILES string of the molecule is CC(C(O)CO)N(C)C. The van der Waals surface area contributed by atoms with Crippen molar-refractivity contribution in [3.8, 4) is 0 Å². The molecular weight excluding hydrogens is 118 g/mol. The van der Waals surface area contributed by atoms with Crippen molar-refractivity contribution in [2.24, 2.45) is 0 Å². The minimum Gasteiger partial charge on any atom is -0.394 e. The molecule has 0 aliphatic carbocycles. The smallest absolute Gasteiger partial charge is 0.0922 e. The summed E-state index contributed by atoms with van der Waals surface area (Å²) in [6.07, 6.45) is -0.625. The van der Waals surface area contributed by atoms with E-state index in [1.54, 1.807) is 0 Å². The van der Waals surface area contributed by atoms with Crippen molar-refractivity contribution < 1.29 is 10.2 Å². The van der Waals surface area contributed by atoms with Crippen LogP contribution in [0.2, 0.25) is 0 Å². The fourth-order valence-electron chi connectivity index (χ4n) is 0.497. The van der Waals surface area contributed by atoms with E-state index in [4.69, 9.17) is 10.2 Å². The zero-order valence-corrected chi connectivity index (χ0v) is 6.20. The molecule has 0 heterocycles. The minimum atomic E-state index is -0.625. The van der Waals surface area contributed by atoms with Gasteiger partial charge in [0.25, 0.3) is 0 Å². The molecule has 0 aromatic rings. The van der Waals surface area contributed by atoms with E-state index in [1.807, 2.05) is 25.9 Å². The lowest BCUT2D eigenvalue weighted by Gasteiger charge is -2.23. The second-order valence-corrected chi connectivity index (χ2v) is 2.45. The summed E-state index contributed by atoms with van der Waals surface area (Å²) in [7, 11) is 3.73. The molecule has 0 aliphatic rings. The fraction of sp³-hybridized carbons (Fsp3) is 1.00. The van der Waals surface area contributed by atoms with Crippen molar-refractivity contribution in [1.29, 1.82) is 0 Å². The molecule has 0 saturated heterocycles. The third-order valence-electron chi connectivity index (χ3n) is 1.56. The zero-order chi connectivity index (χ0) is 7.44. The van der Waals surface area contributed by atoms with Crippen molar-refractivity contribution in [2.45, 2.75) is 19.1 Å². The van der Waals surface area contributed by atoms with Gasteiger partial charge in [0.05, 0.1) is 12.7 Å². The van der Waals surface area contributed by atoms with Crippen LogP contribution in [0.1, 0.15) is 6.92 Å². The van der Waals surface area contributed by atoms with Crippen LogP contribution in [-0.4, -0.2) is 48.0 Å². The molecule has 0 radical (unpaired) electrons. The van der Waals surface area contributed by atoms with Gasteiger partial charge in [0.1, 0.15) is 0 Å². The molecule has 0 amide bonds. The maximum atomic E-state index is 9.01. The average Bonchev–Trinajstić information content (AvgIpc) is 1.84. The third kappa shape index (κ3) is 2.79. The van der Waals surface area contributed by atoms with Crippen LogP contribution in [0.15, 0.2) is 0 Å². The Labute approximate surface area is 55.9 Å². The first-order valence-corrected chi connectivity index (χ1v) is 3.05. The summed E-state index contributed by atoms with van der Waals surface area (Å²) in [6.45, 7) is 1.69. The van der Waals surface area contributed by atoms with E-state index >= 15 is 0 Å². The highest BCUT2D eigenvalue weighted by atomic mass is 16.3. The Kier molecular flexibility index (Phi) is 3.77. The van der Waals surface area contributed by atoms with Crippen LogP contribution in [0.5, 0.6) is 0 Å². The number of rotatable bonds is 3. The predicted molar refractivity (Wildman–Crippen MR) is 36.2 cm³/mol. The fourth-order valence-corrected chi connectivity index (χ4v) is 0.497. The Morgan fingerprint density at radius 1 is 1.44 bits per heavy atom. The second kappa shape index (κ2) is 3.82. The van der Waals surface area contributed by atoms with Gasteiger partial charge in [0, 0.05) is 6.04 Å². The van der Waals surface area contributed by atoms with Crippen LogP contribution < -0.4 is 0 Å². The second-order valence-electron chi connectivity index (χ2n) is 2.45. The Morgan fingerprint density at radius 2 is 1.89 bits per heavy atom. The first-order chi connectivity index (χ1) is 4.09. The summed E-state index contributed by atoms with van der Waals surface area (Å²) in [4.78, 5) is 1.86. The lowest BCUT2D eigenvalue weighted by molar-refractivity contribution is 0.0358. The molecule has 2 N–H and O–H groups in total. The minimum absolute atomic E-state index is 0.0231. The Morgan fingerprint density at radius 3 is 2.00 bits per heavy atom. The van der Waals surface area contributed by atoms with Gasteiger partial charge in [0.2, 0.25) is 0 Å². The number of likely N-dealkylation sites (N-methyl/N-ethyl adjacent to an activating group) is 1. The van der Waals surface area contributed by atoms with E-state index in [0.29, 0.717) is 0 Å². The van der Waals surface area contributed by atoms with Crippen LogP contribution in [0.25, 0.3) is 0 Å². The van der Waals surface area contributed by atoms with Crippen molar-refractivity contribution in [1.82, 2.24) is 4.90 Å². The molecule has 0 fully saturated rings. The Bertz CT molecular complexity index is 75.5. The maximum absolute atomic E-state index is 9.01. The van der Waals surface area contributed by atoms with E-state index in [-0.39, 0.29) is 12.6 Å². The van der Waals surface area contributed by atoms with Crippen LogP contribution in [0.3, 0.4) is 0 Å². The normalized spacial score (nSPS) is 18.0. The van der Waals surface area contributed by atoms with Gasteiger partial charge in [-0.05, 0) is 21.0 Å².